The van der Waals surface area contributed by atoms with Gasteiger partial charge in [0.25, 0.3) is 15.9 Å². The molecule has 0 saturated heterocycles. The summed E-state index contributed by atoms with van der Waals surface area (Å²) >= 11 is 0. The van der Waals surface area contributed by atoms with Crippen molar-refractivity contribution in [2.75, 3.05) is 20.8 Å². The fourth-order valence-electron chi connectivity index (χ4n) is 2.40. The second-order valence-corrected chi connectivity index (χ2v) is 7.13. The number of carbonyl (C=O) groups is 1. The lowest BCUT2D eigenvalue weighted by Crippen LogP contribution is -2.30. The van der Waals surface area contributed by atoms with Crippen LogP contribution in [-0.2, 0) is 21.4 Å². The maximum Gasteiger partial charge on any atom is 0.262 e. The van der Waals surface area contributed by atoms with Gasteiger partial charge in [0.2, 0.25) is 0 Å². The third-order valence-corrected chi connectivity index (χ3v) is 5.08. The molecule has 2 aromatic rings. The molecule has 1 N–H and O–H groups in total. The molecule has 2 rings (SSSR count). The van der Waals surface area contributed by atoms with Gasteiger partial charge in [-0.25, -0.2) is 8.42 Å². The molecular formula is C18H22N2O5S. The molecule has 7 nitrogen and oxygen atoms in total. The lowest BCUT2D eigenvalue weighted by Gasteiger charge is -2.21. The van der Waals surface area contributed by atoms with Gasteiger partial charge >= 0.3 is 0 Å². The Kier molecular flexibility index (Phi) is 6.73. The second-order valence-electron chi connectivity index (χ2n) is 5.48. The number of sulfonamides is 1. The summed E-state index contributed by atoms with van der Waals surface area (Å²) in [5, 5.41) is 0. The molecule has 0 aliphatic heterocycles. The predicted molar refractivity (Wildman–Crippen MR) is 97.2 cm³/mol. The van der Waals surface area contributed by atoms with Crippen LogP contribution in [0.15, 0.2) is 53.4 Å². The summed E-state index contributed by atoms with van der Waals surface area (Å²) < 4.78 is 28.8. The molecule has 0 heterocycles. The van der Waals surface area contributed by atoms with Gasteiger partial charge in [0.1, 0.15) is 5.75 Å². The highest BCUT2D eigenvalue weighted by atomic mass is 32.2. The van der Waals surface area contributed by atoms with E-state index in [1.165, 1.54) is 31.4 Å². The SMILES string of the molecule is CCN(Cc1ccc(OC)cc1)C(=O)c1ccc(S(=O)(=O)NOC)cc1. The van der Waals surface area contributed by atoms with E-state index in [-0.39, 0.29) is 10.8 Å². The summed E-state index contributed by atoms with van der Waals surface area (Å²) in [5.41, 5.74) is 1.39. The molecule has 0 saturated carbocycles. The van der Waals surface area contributed by atoms with Gasteiger partial charge in [-0.1, -0.05) is 17.0 Å². The van der Waals surface area contributed by atoms with Crippen LogP contribution in [0.3, 0.4) is 0 Å². The molecule has 140 valence electrons. The lowest BCUT2D eigenvalue weighted by molar-refractivity contribution is 0.0752. The number of carbonyl (C=O) groups excluding carboxylic acids is 1. The molecule has 0 aliphatic rings. The normalized spacial score (nSPS) is 11.2. The first-order chi connectivity index (χ1) is 12.4. The molecule has 0 spiro atoms. The van der Waals surface area contributed by atoms with Crippen LogP contribution in [0, 0.1) is 0 Å². The average molecular weight is 378 g/mol. The zero-order valence-electron chi connectivity index (χ0n) is 14.9. The number of rotatable bonds is 8. The van der Waals surface area contributed by atoms with Crippen molar-refractivity contribution in [3.8, 4) is 5.75 Å². The summed E-state index contributed by atoms with van der Waals surface area (Å²) in [6.07, 6.45) is 0. The molecule has 0 aromatic heterocycles. The Balaban J connectivity index is 2.14. The number of methoxy groups -OCH3 is 1. The van der Waals surface area contributed by atoms with Gasteiger partial charge in [-0.15, -0.1) is 0 Å². The highest BCUT2D eigenvalue weighted by Gasteiger charge is 2.17. The standard InChI is InChI=1S/C18H22N2O5S/c1-4-20(13-14-5-9-16(24-2)10-6-14)18(21)15-7-11-17(12-8-15)26(22,23)19-25-3/h5-12,19H,4,13H2,1-3H3. The number of ether oxygens (including phenoxy) is 1. The van der Waals surface area contributed by atoms with Crippen molar-refractivity contribution >= 4 is 15.9 Å². The number of hydrogen-bond donors (Lipinski definition) is 1. The van der Waals surface area contributed by atoms with Crippen molar-refractivity contribution in [2.24, 2.45) is 0 Å². The highest BCUT2D eigenvalue weighted by Crippen LogP contribution is 2.16. The number of nitrogens with one attached hydrogen (secondary N) is 1. The van der Waals surface area contributed by atoms with Crippen LogP contribution >= 0.6 is 0 Å². The zero-order chi connectivity index (χ0) is 19.2. The van der Waals surface area contributed by atoms with E-state index >= 15 is 0 Å². The second kappa shape index (κ2) is 8.79. The van der Waals surface area contributed by atoms with Crippen molar-refractivity contribution in [2.45, 2.75) is 18.4 Å². The Morgan fingerprint density at radius 3 is 2.15 bits per heavy atom. The minimum atomic E-state index is -3.74. The van der Waals surface area contributed by atoms with Gasteiger partial charge < -0.3 is 9.64 Å². The van der Waals surface area contributed by atoms with Gasteiger partial charge in [0.15, 0.2) is 0 Å². The first-order valence-corrected chi connectivity index (χ1v) is 9.46. The predicted octanol–water partition coefficient (Wildman–Crippen LogP) is 2.20. The van der Waals surface area contributed by atoms with Crippen LogP contribution in [0.1, 0.15) is 22.8 Å². The van der Waals surface area contributed by atoms with Crippen molar-refractivity contribution in [1.29, 1.82) is 0 Å². The van der Waals surface area contributed by atoms with E-state index in [0.29, 0.717) is 18.7 Å². The van der Waals surface area contributed by atoms with Crippen LogP contribution in [0.5, 0.6) is 5.75 Å². The number of nitrogens with zero attached hydrogens (tertiary/aromatic N) is 1. The number of hydrogen-bond acceptors (Lipinski definition) is 5. The topological polar surface area (TPSA) is 84.9 Å². The molecule has 0 fully saturated rings. The van der Waals surface area contributed by atoms with Crippen LogP contribution in [0.25, 0.3) is 0 Å². The fourth-order valence-corrected chi connectivity index (χ4v) is 3.21. The number of benzene rings is 2. The lowest BCUT2D eigenvalue weighted by atomic mass is 10.1. The van der Waals surface area contributed by atoms with E-state index < -0.39 is 10.0 Å². The Bertz CT molecular complexity index is 833. The smallest absolute Gasteiger partial charge is 0.262 e. The molecule has 2 aromatic carbocycles. The molecular weight excluding hydrogens is 356 g/mol. The summed E-state index contributed by atoms with van der Waals surface area (Å²) in [4.78, 5) is 20.8. The fraction of sp³-hybridized carbons (Fsp3) is 0.278. The molecule has 0 unspecified atom stereocenters. The van der Waals surface area contributed by atoms with Gasteiger partial charge in [-0.3, -0.25) is 9.63 Å². The third kappa shape index (κ3) is 4.81. The maximum absolute atomic E-state index is 12.7. The zero-order valence-corrected chi connectivity index (χ0v) is 15.7. The third-order valence-electron chi connectivity index (χ3n) is 3.81. The Morgan fingerprint density at radius 2 is 1.65 bits per heavy atom. The van der Waals surface area contributed by atoms with E-state index in [4.69, 9.17) is 4.74 Å². The minimum Gasteiger partial charge on any atom is -0.497 e. The molecule has 0 aliphatic carbocycles. The molecule has 8 heteroatoms. The van der Waals surface area contributed by atoms with E-state index in [1.54, 1.807) is 12.0 Å². The Labute approximate surface area is 153 Å². The monoisotopic (exact) mass is 378 g/mol. The van der Waals surface area contributed by atoms with Crippen LogP contribution < -0.4 is 9.62 Å². The molecule has 0 atom stereocenters. The molecule has 0 bridgehead atoms. The highest BCUT2D eigenvalue weighted by molar-refractivity contribution is 7.89. The first-order valence-electron chi connectivity index (χ1n) is 7.98. The van der Waals surface area contributed by atoms with Crippen LogP contribution in [-0.4, -0.2) is 40.0 Å². The maximum atomic E-state index is 12.7. The summed E-state index contributed by atoms with van der Waals surface area (Å²) in [7, 11) is -0.927. The molecule has 1 amide bonds. The largest absolute Gasteiger partial charge is 0.497 e. The average Bonchev–Trinajstić information content (AvgIpc) is 2.66. The van der Waals surface area contributed by atoms with Crippen molar-refractivity contribution in [3.05, 3.63) is 59.7 Å². The molecule has 0 radical (unpaired) electrons. The van der Waals surface area contributed by atoms with Gasteiger partial charge in [-0.05, 0) is 48.9 Å². The van der Waals surface area contributed by atoms with Crippen molar-refractivity contribution < 1.29 is 22.8 Å². The van der Waals surface area contributed by atoms with Crippen LogP contribution in [0.4, 0.5) is 0 Å². The first kappa shape index (κ1) is 19.9. The summed E-state index contributed by atoms with van der Waals surface area (Å²) in [6.45, 7) is 2.86. The Hall–Kier alpha value is -2.42. The van der Waals surface area contributed by atoms with Crippen molar-refractivity contribution in [1.82, 2.24) is 9.79 Å². The quantitative estimate of drug-likeness (QED) is 0.712. The van der Waals surface area contributed by atoms with Gasteiger partial charge in [-0.2, -0.15) is 0 Å². The van der Waals surface area contributed by atoms with Crippen molar-refractivity contribution in [3.63, 3.8) is 0 Å². The van der Waals surface area contributed by atoms with E-state index in [0.717, 1.165) is 11.3 Å². The molecule has 26 heavy (non-hydrogen) atoms. The number of amides is 1. The van der Waals surface area contributed by atoms with Crippen LogP contribution in [0.2, 0.25) is 0 Å². The Morgan fingerprint density at radius 1 is 1.04 bits per heavy atom. The van der Waals surface area contributed by atoms with Gasteiger partial charge in [0.05, 0.1) is 19.1 Å². The van der Waals surface area contributed by atoms with E-state index in [1.807, 2.05) is 36.1 Å². The summed E-state index contributed by atoms with van der Waals surface area (Å²) in [6, 6.07) is 13.2. The van der Waals surface area contributed by atoms with Gasteiger partial charge in [0, 0.05) is 18.7 Å². The summed E-state index contributed by atoms with van der Waals surface area (Å²) in [5.74, 6) is 0.580. The van der Waals surface area contributed by atoms with E-state index in [9.17, 15) is 13.2 Å². The minimum absolute atomic E-state index is 0.0223. The van der Waals surface area contributed by atoms with E-state index in [2.05, 4.69) is 4.84 Å².